The first-order valence-corrected chi connectivity index (χ1v) is 8.05. The molecule has 1 saturated carbocycles. The van der Waals surface area contributed by atoms with Gasteiger partial charge in [-0.25, -0.2) is 0 Å². The Labute approximate surface area is 122 Å². The second-order valence-electron chi connectivity index (χ2n) is 5.90. The summed E-state index contributed by atoms with van der Waals surface area (Å²) in [4.78, 5) is 2.33. The largest absolute Gasteiger partial charge is 0.387 e. The molecule has 0 spiro atoms. The van der Waals surface area contributed by atoms with Crippen molar-refractivity contribution in [1.82, 2.24) is 14.7 Å². The van der Waals surface area contributed by atoms with Crippen LogP contribution in [0.2, 0.25) is 0 Å². The maximum absolute atomic E-state index is 10.4. The normalized spacial score (nSPS) is 22.5. The Hall–Kier alpha value is -0.390. The summed E-state index contributed by atoms with van der Waals surface area (Å²) in [5, 5.41) is 15.0. The first kappa shape index (κ1) is 13.6. The molecule has 19 heavy (non-hydrogen) atoms. The van der Waals surface area contributed by atoms with Crippen molar-refractivity contribution in [3.05, 3.63) is 15.9 Å². The molecule has 1 aromatic heterocycles. The standard InChI is InChI=1S/C14H22BrN3O/c1-3-11-13(15)12(18(4-2)16-11)7-17-8-14(19,9-17)10-5-6-10/h10,19H,3-9H2,1-2H3. The fourth-order valence-electron chi connectivity index (χ4n) is 3.10. The van der Waals surface area contributed by atoms with E-state index in [1.54, 1.807) is 0 Å². The van der Waals surface area contributed by atoms with Gasteiger partial charge in [0.25, 0.3) is 0 Å². The van der Waals surface area contributed by atoms with E-state index in [-0.39, 0.29) is 0 Å². The number of likely N-dealkylation sites (tertiary alicyclic amines) is 1. The number of hydrogen-bond donors (Lipinski definition) is 1. The molecular weight excluding hydrogens is 306 g/mol. The van der Waals surface area contributed by atoms with Crippen molar-refractivity contribution >= 4 is 15.9 Å². The van der Waals surface area contributed by atoms with Crippen molar-refractivity contribution in [1.29, 1.82) is 0 Å². The van der Waals surface area contributed by atoms with Gasteiger partial charge in [-0.05, 0) is 48.0 Å². The van der Waals surface area contributed by atoms with Gasteiger partial charge in [0.2, 0.25) is 0 Å². The minimum atomic E-state index is -0.392. The van der Waals surface area contributed by atoms with Crippen LogP contribution in [0.3, 0.4) is 0 Å². The Morgan fingerprint density at radius 2 is 2.05 bits per heavy atom. The van der Waals surface area contributed by atoms with Crippen molar-refractivity contribution in [2.45, 2.75) is 51.8 Å². The molecule has 1 aromatic rings. The Bertz CT molecular complexity index is 475. The summed E-state index contributed by atoms with van der Waals surface area (Å²) in [7, 11) is 0. The smallest absolute Gasteiger partial charge is 0.0928 e. The van der Waals surface area contributed by atoms with Crippen LogP contribution in [0.15, 0.2) is 4.47 Å². The summed E-state index contributed by atoms with van der Waals surface area (Å²) in [6.07, 6.45) is 3.37. The molecule has 1 N–H and O–H groups in total. The van der Waals surface area contributed by atoms with Gasteiger partial charge in [-0.1, -0.05) is 6.92 Å². The molecule has 2 heterocycles. The fourth-order valence-corrected chi connectivity index (χ4v) is 3.79. The quantitative estimate of drug-likeness (QED) is 0.901. The average molecular weight is 328 g/mol. The molecule has 4 nitrogen and oxygen atoms in total. The number of β-amino-alcohol motifs (C(OH)–C–C–N with tert-alkyl or cyclic N) is 1. The van der Waals surface area contributed by atoms with Crippen molar-refractivity contribution < 1.29 is 5.11 Å². The van der Waals surface area contributed by atoms with Gasteiger partial charge in [-0.3, -0.25) is 9.58 Å². The number of halogens is 1. The molecule has 2 aliphatic rings. The number of aryl methyl sites for hydroxylation is 2. The number of aromatic nitrogens is 2. The highest BCUT2D eigenvalue weighted by molar-refractivity contribution is 9.10. The molecule has 106 valence electrons. The monoisotopic (exact) mass is 327 g/mol. The summed E-state index contributed by atoms with van der Waals surface area (Å²) in [5.74, 6) is 0.564. The molecular formula is C14H22BrN3O. The van der Waals surface area contributed by atoms with Crippen LogP contribution in [-0.2, 0) is 19.5 Å². The summed E-state index contributed by atoms with van der Waals surface area (Å²) >= 11 is 3.68. The summed E-state index contributed by atoms with van der Waals surface area (Å²) in [6.45, 7) is 7.68. The van der Waals surface area contributed by atoms with E-state index in [0.717, 1.165) is 42.8 Å². The zero-order valence-electron chi connectivity index (χ0n) is 11.7. The fraction of sp³-hybridized carbons (Fsp3) is 0.786. The summed E-state index contributed by atoms with van der Waals surface area (Å²) < 4.78 is 3.23. The topological polar surface area (TPSA) is 41.3 Å². The second kappa shape index (κ2) is 4.86. The molecule has 2 fully saturated rings. The predicted molar refractivity (Wildman–Crippen MR) is 77.9 cm³/mol. The molecule has 3 rings (SSSR count). The lowest BCUT2D eigenvalue weighted by atomic mass is 9.88. The van der Waals surface area contributed by atoms with Crippen LogP contribution in [0.1, 0.15) is 38.1 Å². The zero-order valence-corrected chi connectivity index (χ0v) is 13.3. The Morgan fingerprint density at radius 3 is 2.58 bits per heavy atom. The van der Waals surface area contributed by atoms with Gasteiger partial charge in [0.1, 0.15) is 0 Å². The molecule has 0 unspecified atom stereocenters. The maximum atomic E-state index is 10.4. The van der Waals surface area contributed by atoms with Gasteiger partial charge in [-0.2, -0.15) is 5.10 Å². The Balaban J connectivity index is 1.69. The third kappa shape index (κ3) is 2.36. The highest BCUT2D eigenvalue weighted by Crippen LogP contribution is 2.45. The van der Waals surface area contributed by atoms with Gasteiger partial charge in [0, 0.05) is 26.2 Å². The van der Waals surface area contributed by atoms with E-state index >= 15 is 0 Å². The van der Waals surface area contributed by atoms with E-state index in [1.165, 1.54) is 18.5 Å². The van der Waals surface area contributed by atoms with E-state index in [2.05, 4.69) is 44.5 Å². The number of nitrogens with zero attached hydrogens (tertiary/aromatic N) is 3. The Morgan fingerprint density at radius 1 is 1.37 bits per heavy atom. The number of rotatable bonds is 5. The molecule has 1 aliphatic heterocycles. The number of aliphatic hydroxyl groups is 1. The van der Waals surface area contributed by atoms with Crippen LogP contribution >= 0.6 is 15.9 Å². The van der Waals surface area contributed by atoms with Crippen molar-refractivity contribution in [2.75, 3.05) is 13.1 Å². The van der Waals surface area contributed by atoms with Gasteiger partial charge in [0.15, 0.2) is 0 Å². The van der Waals surface area contributed by atoms with E-state index in [0.29, 0.717) is 5.92 Å². The molecule has 1 saturated heterocycles. The van der Waals surface area contributed by atoms with Crippen LogP contribution in [-0.4, -0.2) is 38.5 Å². The third-order valence-electron chi connectivity index (χ3n) is 4.40. The van der Waals surface area contributed by atoms with Gasteiger partial charge in [0.05, 0.1) is 21.5 Å². The maximum Gasteiger partial charge on any atom is 0.0928 e. The van der Waals surface area contributed by atoms with E-state index in [9.17, 15) is 5.11 Å². The summed E-state index contributed by atoms with van der Waals surface area (Å²) in [5.41, 5.74) is 1.99. The summed E-state index contributed by atoms with van der Waals surface area (Å²) in [6, 6.07) is 0. The third-order valence-corrected chi connectivity index (χ3v) is 5.31. The second-order valence-corrected chi connectivity index (χ2v) is 6.69. The lowest BCUT2D eigenvalue weighted by Gasteiger charge is -2.47. The molecule has 0 atom stereocenters. The van der Waals surface area contributed by atoms with Crippen molar-refractivity contribution in [3.8, 4) is 0 Å². The highest BCUT2D eigenvalue weighted by Gasteiger charge is 2.51. The van der Waals surface area contributed by atoms with Gasteiger partial charge >= 0.3 is 0 Å². The first-order valence-electron chi connectivity index (χ1n) is 7.26. The molecule has 1 aliphatic carbocycles. The van der Waals surface area contributed by atoms with Crippen LogP contribution in [0.4, 0.5) is 0 Å². The lowest BCUT2D eigenvalue weighted by Crippen LogP contribution is -2.62. The van der Waals surface area contributed by atoms with E-state index < -0.39 is 5.60 Å². The molecule has 0 bridgehead atoms. The number of hydrogen-bond acceptors (Lipinski definition) is 3. The van der Waals surface area contributed by atoms with Crippen LogP contribution in [0.5, 0.6) is 0 Å². The predicted octanol–water partition coefficient (Wildman–Crippen LogP) is 2.18. The van der Waals surface area contributed by atoms with E-state index in [1.807, 2.05) is 0 Å². The molecule has 0 amide bonds. The van der Waals surface area contributed by atoms with Gasteiger partial charge < -0.3 is 5.11 Å². The van der Waals surface area contributed by atoms with Gasteiger partial charge in [-0.15, -0.1) is 0 Å². The average Bonchev–Trinajstić information content (AvgIpc) is 3.15. The molecule has 0 radical (unpaired) electrons. The lowest BCUT2D eigenvalue weighted by molar-refractivity contribution is -0.117. The SMILES string of the molecule is CCc1nn(CC)c(CN2CC(O)(C3CC3)C2)c1Br. The minimum absolute atomic E-state index is 0.392. The van der Waals surface area contributed by atoms with Crippen molar-refractivity contribution in [2.24, 2.45) is 5.92 Å². The van der Waals surface area contributed by atoms with Crippen molar-refractivity contribution in [3.63, 3.8) is 0 Å². The van der Waals surface area contributed by atoms with Crippen LogP contribution < -0.4 is 0 Å². The minimum Gasteiger partial charge on any atom is -0.387 e. The molecule has 0 aromatic carbocycles. The Kier molecular flexibility index (Phi) is 3.48. The zero-order chi connectivity index (χ0) is 13.6. The molecule has 5 heteroatoms. The highest BCUT2D eigenvalue weighted by atomic mass is 79.9. The van der Waals surface area contributed by atoms with Crippen LogP contribution in [0.25, 0.3) is 0 Å². The first-order chi connectivity index (χ1) is 9.07. The van der Waals surface area contributed by atoms with E-state index in [4.69, 9.17) is 0 Å². The van der Waals surface area contributed by atoms with Crippen LogP contribution in [0, 0.1) is 5.92 Å².